The Balaban J connectivity index is 2.19. The summed E-state index contributed by atoms with van der Waals surface area (Å²) in [5.41, 5.74) is -7.56. The fraction of sp³-hybridized carbons (Fsp3) is 0.182. The van der Waals surface area contributed by atoms with E-state index in [4.69, 9.17) is 5.11 Å². The Morgan fingerprint density at radius 3 is 2.03 bits per heavy atom. The van der Waals surface area contributed by atoms with Gasteiger partial charge in [0.1, 0.15) is 0 Å². The Morgan fingerprint density at radius 2 is 1.51 bits per heavy atom. The van der Waals surface area contributed by atoms with Gasteiger partial charge in [-0.2, -0.15) is 39.5 Å². The van der Waals surface area contributed by atoms with E-state index in [9.17, 15) is 49.1 Å². The molecule has 4 nitrogen and oxygen atoms in total. The van der Waals surface area contributed by atoms with E-state index in [0.29, 0.717) is 18.2 Å². The average molecular weight is 509 g/mol. The number of carbonyl (C=O) groups excluding carboxylic acids is 1. The zero-order valence-corrected chi connectivity index (χ0v) is 17.2. The highest BCUT2D eigenvalue weighted by atomic mass is 19.4. The number of aromatic carboxylic acids is 1. The summed E-state index contributed by atoms with van der Waals surface area (Å²) in [5.74, 6) is -3.29. The van der Waals surface area contributed by atoms with Crippen LogP contribution in [-0.2, 0) is 19.4 Å². The molecular weight excluding hydrogens is 497 g/mol. The maximum Gasteiger partial charge on any atom is 0.417 e. The quantitative estimate of drug-likeness (QED) is 0.241. The Hall–Kier alpha value is -3.77. The van der Waals surface area contributed by atoms with Crippen LogP contribution in [0.3, 0.4) is 0 Å². The van der Waals surface area contributed by atoms with Crippen LogP contribution in [0.5, 0.6) is 0 Å². The van der Waals surface area contributed by atoms with E-state index >= 15 is 0 Å². The van der Waals surface area contributed by atoms with Gasteiger partial charge in [-0.3, -0.25) is 4.79 Å². The third-order valence-electron chi connectivity index (χ3n) is 5.05. The molecule has 1 N–H and O–H groups in total. The van der Waals surface area contributed by atoms with Crippen LogP contribution in [0.4, 0.5) is 39.5 Å². The number of hydrogen-bond donors (Lipinski definition) is 1. The normalized spacial score (nSPS) is 13.4. The molecule has 186 valence electrons. The molecule has 0 fully saturated rings. The summed E-state index contributed by atoms with van der Waals surface area (Å²) in [6.45, 7) is 0. The third kappa shape index (κ3) is 5.17. The minimum atomic E-state index is -5.26. The second-order valence-electron chi connectivity index (χ2n) is 7.35. The topological polar surface area (TPSA) is 59.3 Å². The molecule has 0 atom stereocenters. The predicted molar refractivity (Wildman–Crippen MR) is 105 cm³/mol. The lowest BCUT2D eigenvalue weighted by molar-refractivity contribution is -0.138. The van der Waals surface area contributed by atoms with Crippen LogP contribution in [0.25, 0.3) is 16.5 Å². The lowest BCUT2D eigenvalue weighted by Crippen LogP contribution is -2.15. The van der Waals surface area contributed by atoms with Crippen molar-refractivity contribution in [1.29, 1.82) is 0 Å². The molecule has 3 rings (SSSR count). The number of alkyl halides is 9. The van der Waals surface area contributed by atoms with Gasteiger partial charge in [0.2, 0.25) is 5.78 Å². The van der Waals surface area contributed by atoms with Crippen molar-refractivity contribution < 1.29 is 54.2 Å². The number of carboxylic acid groups (broad SMARTS) is 1. The van der Waals surface area contributed by atoms with Crippen LogP contribution in [0.1, 0.15) is 37.5 Å². The maximum atomic E-state index is 13.6. The van der Waals surface area contributed by atoms with Crippen molar-refractivity contribution in [1.82, 2.24) is 4.57 Å². The Bertz CT molecular complexity index is 1360. The first kappa shape index (κ1) is 25.8. The van der Waals surface area contributed by atoms with Gasteiger partial charge in [0.15, 0.2) is 0 Å². The molecule has 0 radical (unpaired) electrons. The van der Waals surface area contributed by atoms with Crippen LogP contribution in [0.15, 0.2) is 48.5 Å². The van der Waals surface area contributed by atoms with E-state index in [1.165, 1.54) is 0 Å². The van der Waals surface area contributed by atoms with E-state index in [1.807, 2.05) is 0 Å². The molecule has 1 aromatic heterocycles. The number of ketones is 1. The number of nitrogens with zero attached hydrogens (tertiary/aromatic N) is 1. The van der Waals surface area contributed by atoms with Crippen LogP contribution >= 0.6 is 0 Å². The number of halogens is 9. The zero-order chi connectivity index (χ0) is 26.5. The van der Waals surface area contributed by atoms with E-state index in [0.717, 1.165) is 29.8 Å². The number of benzene rings is 2. The number of carbonyl (C=O) groups is 2. The van der Waals surface area contributed by atoms with E-state index in [-0.39, 0.29) is 23.0 Å². The molecule has 0 spiro atoms. The van der Waals surface area contributed by atoms with Gasteiger partial charge in [0.05, 0.1) is 28.0 Å². The van der Waals surface area contributed by atoms with Crippen molar-refractivity contribution in [2.24, 2.45) is 7.05 Å². The molecule has 0 bridgehead atoms. The summed E-state index contributed by atoms with van der Waals surface area (Å²) in [4.78, 5) is 24.0. The molecular formula is C22H12F9NO3. The predicted octanol–water partition coefficient (Wildman–Crippen LogP) is 6.74. The van der Waals surface area contributed by atoms with E-state index < -0.39 is 63.8 Å². The molecule has 0 unspecified atom stereocenters. The first-order chi connectivity index (χ1) is 15.9. The minimum Gasteiger partial charge on any atom is -0.478 e. The number of aryl methyl sites for hydroxylation is 1. The highest BCUT2D eigenvalue weighted by Gasteiger charge is 2.38. The molecule has 0 amide bonds. The van der Waals surface area contributed by atoms with Gasteiger partial charge in [-0.1, -0.05) is 12.1 Å². The molecule has 0 saturated carbocycles. The van der Waals surface area contributed by atoms with Crippen molar-refractivity contribution in [3.8, 4) is 0 Å². The molecule has 13 heteroatoms. The average Bonchev–Trinajstić information content (AvgIpc) is 3.05. The molecule has 3 aromatic rings. The van der Waals surface area contributed by atoms with Crippen molar-refractivity contribution in [3.05, 3.63) is 76.5 Å². The summed E-state index contributed by atoms with van der Waals surface area (Å²) < 4.78 is 120. The molecule has 0 aliphatic carbocycles. The zero-order valence-electron chi connectivity index (χ0n) is 17.2. The number of rotatable bonds is 4. The van der Waals surface area contributed by atoms with Gasteiger partial charge in [-0.05, 0) is 35.9 Å². The minimum absolute atomic E-state index is 0.0342. The van der Waals surface area contributed by atoms with Crippen LogP contribution in [-0.4, -0.2) is 27.6 Å². The standard InChI is InChI=1S/C22H12F9NO3/c1-32-16-8-15(22(29,30)31)13(19(34)35)6-11(16)7-17(32)18(33)9-14(21(26,27)28)10-3-2-4-12(5-10)20(23,24)25/h2-9H,1H3,(H,34,35)/b14-9+. The summed E-state index contributed by atoms with van der Waals surface area (Å²) in [7, 11) is 1.07. The van der Waals surface area contributed by atoms with Crippen molar-refractivity contribution >= 4 is 28.2 Å². The van der Waals surface area contributed by atoms with Gasteiger partial charge in [0.25, 0.3) is 0 Å². The molecule has 0 aliphatic heterocycles. The first-order valence-electron chi connectivity index (χ1n) is 9.36. The van der Waals surface area contributed by atoms with Crippen LogP contribution in [0, 0.1) is 0 Å². The van der Waals surface area contributed by atoms with Gasteiger partial charge < -0.3 is 9.67 Å². The Kier molecular flexibility index (Phi) is 6.25. The number of carboxylic acids is 1. The summed E-state index contributed by atoms with van der Waals surface area (Å²) in [6.07, 6.45) is -15.3. The fourth-order valence-corrected chi connectivity index (χ4v) is 3.43. The van der Waals surface area contributed by atoms with Crippen LogP contribution < -0.4 is 0 Å². The Labute approximate surface area is 189 Å². The second kappa shape index (κ2) is 8.47. The van der Waals surface area contributed by atoms with Crippen molar-refractivity contribution in [2.75, 3.05) is 0 Å². The number of hydrogen-bond acceptors (Lipinski definition) is 2. The smallest absolute Gasteiger partial charge is 0.417 e. The highest BCUT2D eigenvalue weighted by molar-refractivity contribution is 6.11. The summed E-state index contributed by atoms with van der Waals surface area (Å²) in [5, 5.41) is 8.92. The second-order valence-corrected chi connectivity index (χ2v) is 7.35. The van der Waals surface area contributed by atoms with Gasteiger partial charge >= 0.3 is 24.5 Å². The first-order valence-corrected chi connectivity index (χ1v) is 9.36. The summed E-state index contributed by atoms with van der Waals surface area (Å²) in [6, 6.07) is 4.16. The third-order valence-corrected chi connectivity index (χ3v) is 5.05. The Morgan fingerprint density at radius 1 is 0.886 bits per heavy atom. The van der Waals surface area contributed by atoms with Gasteiger partial charge in [-0.15, -0.1) is 0 Å². The summed E-state index contributed by atoms with van der Waals surface area (Å²) >= 11 is 0. The molecule has 2 aromatic carbocycles. The number of fused-ring (bicyclic) bond motifs is 1. The van der Waals surface area contributed by atoms with Gasteiger partial charge in [0, 0.05) is 24.0 Å². The van der Waals surface area contributed by atoms with Crippen molar-refractivity contribution in [2.45, 2.75) is 18.5 Å². The largest absolute Gasteiger partial charge is 0.478 e. The molecule has 0 aliphatic rings. The van der Waals surface area contributed by atoms with E-state index in [2.05, 4.69) is 0 Å². The fourth-order valence-electron chi connectivity index (χ4n) is 3.43. The van der Waals surface area contributed by atoms with Crippen molar-refractivity contribution in [3.63, 3.8) is 0 Å². The van der Waals surface area contributed by atoms with Gasteiger partial charge in [-0.25, -0.2) is 4.79 Å². The lowest BCUT2D eigenvalue weighted by Gasteiger charge is -2.14. The molecule has 0 saturated heterocycles. The number of aromatic nitrogens is 1. The SMILES string of the molecule is Cn1c(C(=O)/C=C(\c2cccc(C(F)(F)F)c2)C(F)(F)F)cc2cc(C(=O)O)c(C(F)(F)F)cc21. The monoisotopic (exact) mass is 509 g/mol. The maximum absolute atomic E-state index is 13.6. The lowest BCUT2D eigenvalue weighted by atomic mass is 10.0. The molecule has 35 heavy (non-hydrogen) atoms. The van der Waals surface area contributed by atoms with E-state index in [1.54, 1.807) is 0 Å². The highest BCUT2D eigenvalue weighted by Crippen LogP contribution is 2.38. The molecule has 1 heterocycles. The number of allylic oxidation sites excluding steroid dienone is 2. The van der Waals surface area contributed by atoms with Crippen LogP contribution in [0.2, 0.25) is 0 Å².